The van der Waals surface area contributed by atoms with Crippen LogP contribution < -0.4 is 4.74 Å². The Balaban J connectivity index is 1.98. The van der Waals surface area contributed by atoms with Crippen molar-refractivity contribution in [3.63, 3.8) is 0 Å². The Morgan fingerprint density at radius 3 is 2.11 bits per heavy atom. The lowest BCUT2D eigenvalue weighted by atomic mass is 10.1. The first kappa shape index (κ1) is 19.5. The molecule has 0 radical (unpaired) electrons. The molecular formula is C22H19NO4S. The minimum Gasteiger partial charge on any atom is -0.422 e. The van der Waals surface area contributed by atoms with E-state index in [1.54, 1.807) is 79.7 Å². The fourth-order valence-corrected chi connectivity index (χ4v) is 3.84. The predicted octanol–water partition coefficient (Wildman–Crippen LogP) is 4.51. The summed E-state index contributed by atoms with van der Waals surface area (Å²) in [7, 11) is -2.94. The fraction of sp³-hybridized carbons (Fsp3) is 0.0909. The first-order chi connectivity index (χ1) is 13.4. The fourth-order valence-electron chi connectivity index (χ4n) is 2.66. The monoisotopic (exact) mass is 393 g/mol. The summed E-state index contributed by atoms with van der Waals surface area (Å²) in [5, 5.41) is 0. The van der Waals surface area contributed by atoms with Crippen LogP contribution in [-0.2, 0) is 9.73 Å². The van der Waals surface area contributed by atoms with Gasteiger partial charge in [-0.25, -0.2) is 9.00 Å². The smallest absolute Gasteiger partial charge is 0.343 e. The number of hydrogen-bond donors (Lipinski definition) is 0. The number of hydrogen-bond acceptors (Lipinski definition) is 4. The molecule has 0 saturated heterocycles. The maximum atomic E-state index is 12.9. The Hall–Kier alpha value is -3.25. The minimum atomic E-state index is -2.94. The van der Waals surface area contributed by atoms with Crippen molar-refractivity contribution in [2.75, 3.05) is 6.26 Å². The molecule has 0 spiro atoms. The molecule has 0 heterocycles. The van der Waals surface area contributed by atoms with Gasteiger partial charge < -0.3 is 4.74 Å². The van der Waals surface area contributed by atoms with Crippen LogP contribution in [0.4, 0.5) is 0 Å². The third kappa shape index (κ3) is 4.35. The first-order valence-electron chi connectivity index (χ1n) is 8.57. The van der Waals surface area contributed by atoms with Crippen molar-refractivity contribution in [1.82, 2.24) is 0 Å². The van der Waals surface area contributed by atoms with E-state index in [0.29, 0.717) is 16.0 Å². The molecule has 0 aliphatic carbocycles. The molecule has 5 nitrogen and oxygen atoms in total. The highest BCUT2D eigenvalue weighted by molar-refractivity contribution is 7.93. The van der Waals surface area contributed by atoms with E-state index in [1.807, 2.05) is 0 Å². The van der Waals surface area contributed by atoms with Crippen molar-refractivity contribution in [2.45, 2.75) is 11.8 Å². The Morgan fingerprint density at radius 1 is 0.857 bits per heavy atom. The number of nitrogens with zero attached hydrogens (tertiary/aromatic N) is 1. The maximum Gasteiger partial charge on any atom is 0.343 e. The zero-order chi connectivity index (χ0) is 20.1. The van der Waals surface area contributed by atoms with E-state index in [2.05, 4.69) is 4.36 Å². The van der Waals surface area contributed by atoms with Crippen molar-refractivity contribution >= 4 is 21.6 Å². The summed E-state index contributed by atoms with van der Waals surface area (Å²) in [6.07, 6.45) is 1.41. The standard InChI is InChI=1S/C22H19NO4S/c1-16-10-9-15-19(27-22(25)17-11-5-3-6-12-17)20(16)21(24)23-28(2,26)18-13-7-4-8-14-18/h3-15H,1-2H3. The van der Waals surface area contributed by atoms with Gasteiger partial charge in [-0.2, -0.15) is 4.36 Å². The molecule has 1 atom stereocenters. The quantitative estimate of drug-likeness (QED) is 0.483. The average Bonchev–Trinajstić information content (AvgIpc) is 2.69. The SMILES string of the molecule is Cc1cccc(OC(=O)c2ccccc2)c1C(=O)N=S(C)(=O)c1ccccc1. The Kier molecular flexibility index (Phi) is 5.70. The van der Waals surface area contributed by atoms with Gasteiger partial charge in [0.05, 0.1) is 20.9 Å². The van der Waals surface area contributed by atoms with Crippen LogP contribution in [0.15, 0.2) is 88.1 Å². The normalized spacial score (nSPS) is 12.6. The van der Waals surface area contributed by atoms with E-state index >= 15 is 0 Å². The molecule has 6 heteroatoms. The highest BCUT2D eigenvalue weighted by Gasteiger charge is 2.20. The number of ether oxygens (including phenoxy) is 1. The van der Waals surface area contributed by atoms with Gasteiger partial charge in [0, 0.05) is 11.2 Å². The van der Waals surface area contributed by atoms with E-state index < -0.39 is 21.6 Å². The summed E-state index contributed by atoms with van der Waals surface area (Å²) < 4.78 is 22.3. The van der Waals surface area contributed by atoms with Gasteiger partial charge in [-0.15, -0.1) is 0 Å². The zero-order valence-electron chi connectivity index (χ0n) is 15.5. The number of rotatable bonds is 4. The van der Waals surface area contributed by atoms with Crippen molar-refractivity contribution in [2.24, 2.45) is 4.36 Å². The van der Waals surface area contributed by atoms with Crippen LogP contribution in [0.2, 0.25) is 0 Å². The third-order valence-electron chi connectivity index (χ3n) is 4.10. The van der Waals surface area contributed by atoms with Crippen LogP contribution in [-0.4, -0.2) is 22.3 Å². The third-order valence-corrected chi connectivity index (χ3v) is 5.76. The Bertz CT molecular complexity index is 1130. The molecule has 0 bridgehead atoms. The van der Waals surface area contributed by atoms with Crippen LogP contribution in [0.1, 0.15) is 26.3 Å². The molecule has 3 aromatic rings. The number of aryl methyl sites for hydroxylation is 1. The highest BCUT2D eigenvalue weighted by atomic mass is 32.2. The van der Waals surface area contributed by atoms with Crippen LogP contribution in [0.5, 0.6) is 5.75 Å². The molecule has 1 unspecified atom stereocenters. The Labute approximate surface area is 164 Å². The molecule has 1 amide bonds. The molecule has 0 aromatic heterocycles. The van der Waals surface area contributed by atoms with Crippen LogP contribution in [0.3, 0.4) is 0 Å². The molecular weight excluding hydrogens is 374 g/mol. The molecule has 0 N–H and O–H groups in total. The van der Waals surface area contributed by atoms with Gasteiger partial charge in [0.1, 0.15) is 5.75 Å². The van der Waals surface area contributed by atoms with Crippen molar-refractivity contribution in [3.8, 4) is 5.75 Å². The van der Waals surface area contributed by atoms with E-state index in [1.165, 1.54) is 12.3 Å². The van der Waals surface area contributed by atoms with Crippen molar-refractivity contribution in [3.05, 3.63) is 95.6 Å². The van der Waals surface area contributed by atoms with Crippen LogP contribution in [0, 0.1) is 6.92 Å². The van der Waals surface area contributed by atoms with Gasteiger partial charge in [-0.05, 0) is 42.8 Å². The lowest BCUT2D eigenvalue weighted by molar-refractivity contribution is 0.0732. The molecule has 0 saturated carbocycles. The molecule has 3 aromatic carbocycles. The second kappa shape index (κ2) is 8.19. The second-order valence-corrected chi connectivity index (χ2v) is 8.47. The number of benzene rings is 3. The summed E-state index contributed by atoms with van der Waals surface area (Å²) >= 11 is 0. The van der Waals surface area contributed by atoms with Gasteiger partial charge in [-0.1, -0.05) is 48.5 Å². The summed E-state index contributed by atoms with van der Waals surface area (Å²) in [6.45, 7) is 1.71. The van der Waals surface area contributed by atoms with Gasteiger partial charge in [0.15, 0.2) is 0 Å². The van der Waals surface area contributed by atoms with Crippen LogP contribution in [0.25, 0.3) is 0 Å². The zero-order valence-corrected chi connectivity index (χ0v) is 16.3. The number of esters is 1. The Morgan fingerprint density at radius 2 is 1.46 bits per heavy atom. The van der Waals surface area contributed by atoms with E-state index in [9.17, 15) is 13.8 Å². The van der Waals surface area contributed by atoms with Gasteiger partial charge in [0.25, 0.3) is 5.91 Å². The second-order valence-electron chi connectivity index (χ2n) is 6.22. The predicted molar refractivity (Wildman–Crippen MR) is 108 cm³/mol. The highest BCUT2D eigenvalue weighted by Crippen LogP contribution is 2.25. The average molecular weight is 393 g/mol. The molecule has 3 rings (SSSR count). The van der Waals surface area contributed by atoms with Gasteiger partial charge in [-0.3, -0.25) is 4.79 Å². The summed E-state index contributed by atoms with van der Waals surface area (Å²) in [5.41, 5.74) is 1.07. The molecule has 0 aliphatic rings. The first-order valence-corrected chi connectivity index (χ1v) is 10.5. The van der Waals surface area contributed by atoms with Gasteiger partial charge >= 0.3 is 5.97 Å². The molecule has 142 valence electrons. The lowest BCUT2D eigenvalue weighted by Crippen LogP contribution is -2.13. The number of amides is 1. The number of carbonyl (C=O) groups excluding carboxylic acids is 2. The molecule has 0 fully saturated rings. The van der Waals surface area contributed by atoms with Gasteiger partial charge in [0.2, 0.25) is 0 Å². The van der Waals surface area contributed by atoms with Crippen molar-refractivity contribution < 1.29 is 18.5 Å². The minimum absolute atomic E-state index is 0.0888. The maximum absolute atomic E-state index is 12.9. The lowest BCUT2D eigenvalue weighted by Gasteiger charge is -2.11. The number of carbonyl (C=O) groups is 2. The summed E-state index contributed by atoms with van der Waals surface area (Å²) in [4.78, 5) is 25.7. The van der Waals surface area contributed by atoms with Crippen molar-refractivity contribution in [1.29, 1.82) is 0 Å². The topological polar surface area (TPSA) is 72.8 Å². The largest absolute Gasteiger partial charge is 0.422 e. The van der Waals surface area contributed by atoms with Crippen LogP contribution >= 0.6 is 0 Å². The summed E-state index contributed by atoms with van der Waals surface area (Å²) in [5.74, 6) is -1.18. The molecule has 0 aliphatic heterocycles. The van der Waals surface area contributed by atoms with E-state index in [-0.39, 0.29) is 11.3 Å². The van der Waals surface area contributed by atoms with E-state index in [4.69, 9.17) is 4.74 Å². The van der Waals surface area contributed by atoms with E-state index in [0.717, 1.165) is 0 Å². The summed E-state index contributed by atoms with van der Waals surface area (Å²) in [6, 6.07) is 22.0. The molecule has 28 heavy (non-hydrogen) atoms.